The first-order chi connectivity index (χ1) is 6.61. The van der Waals surface area contributed by atoms with Gasteiger partial charge < -0.3 is 0 Å². The van der Waals surface area contributed by atoms with Crippen molar-refractivity contribution in [1.29, 1.82) is 0 Å². The number of fused-ring (bicyclic) bond motifs is 2. The first-order valence-electron chi connectivity index (χ1n) is 6.38. The molecule has 2 bridgehead atoms. The number of rotatable bonds is 2. The predicted octanol–water partition coefficient (Wildman–Crippen LogP) is 3.29. The summed E-state index contributed by atoms with van der Waals surface area (Å²) in [6.07, 6.45) is 5.87. The Bertz CT molecular complexity index is 197. The molecule has 0 aromatic carbocycles. The Balaban J connectivity index is 2.13. The van der Waals surface area contributed by atoms with Crippen molar-refractivity contribution in [3.05, 3.63) is 0 Å². The molecule has 0 amide bonds. The van der Waals surface area contributed by atoms with Gasteiger partial charge in [-0.1, -0.05) is 13.8 Å². The van der Waals surface area contributed by atoms with E-state index < -0.39 is 0 Å². The highest BCUT2D eigenvalue weighted by Gasteiger charge is 2.43. The van der Waals surface area contributed by atoms with E-state index in [2.05, 4.69) is 32.6 Å². The summed E-state index contributed by atoms with van der Waals surface area (Å²) in [6, 6.07) is 2.60. The summed E-state index contributed by atoms with van der Waals surface area (Å²) in [5.41, 5.74) is 0. The van der Waals surface area contributed by atoms with Gasteiger partial charge in [-0.05, 0) is 51.4 Å². The molecule has 0 radical (unpaired) electrons. The molecule has 82 valence electrons. The molecule has 2 saturated heterocycles. The minimum Gasteiger partial charge on any atom is -0.295 e. The molecular weight excluding hydrogens is 170 g/mol. The van der Waals surface area contributed by atoms with Gasteiger partial charge in [-0.25, -0.2) is 0 Å². The molecular formula is C13H25N. The Morgan fingerprint density at radius 3 is 2.14 bits per heavy atom. The van der Waals surface area contributed by atoms with Crippen molar-refractivity contribution in [2.45, 2.75) is 71.5 Å². The first-order valence-corrected chi connectivity index (χ1v) is 6.38. The second-order valence-corrected chi connectivity index (χ2v) is 5.82. The van der Waals surface area contributed by atoms with Gasteiger partial charge in [0.2, 0.25) is 0 Å². The van der Waals surface area contributed by atoms with Crippen LogP contribution >= 0.6 is 0 Å². The van der Waals surface area contributed by atoms with Crippen LogP contribution in [0.2, 0.25) is 0 Å². The Morgan fingerprint density at radius 2 is 1.57 bits per heavy atom. The summed E-state index contributed by atoms with van der Waals surface area (Å²) in [4.78, 5) is 2.81. The van der Waals surface area contributed by atoms with Crippen LogP contribution in [0.5, 0.6) is 0 Å². The average Bonchev–Trinajstić information content (AvgIpc) is 2.40. The van der Waals surface area contributed by atoms with Crippen LogP contribution < -0.4 is 0 Å². The van der Waals surface area contributed by atoms with Crippen LogP contribution in [0, 0.1) is 11.8 Å². The average molecular weight is 195 g/mol. The molecule has 3 atom stereocenters. The van der Waals surface area contributed by atoms with E-state index in [1.807, 2.05) is 0 Å². The molecule has 0 aromatic heterocycles. The zero-order valence-corrected chi connectivity index (χ0v) is 10.2. The van der Waals surface area contributed by atoms with E-state index in [1.54, 1.807) is 0 Å². The summed E-state index contributed by atoms with van der Waals surface area (Å²) >= 11 is 0. The first kappa shape index (κ1) is 10.5. The van der Waals surface area contributed by atoms with Crippen molar-refractivity contribution in [2.24, 2.45) is 11.8 Å². The van der Waals surface area contributed by atoms with Crippen LogP contribution in [0.25, 0.3) is 0 Å². The summed E-state index contributed by atoms with van der Waals surface area (Å²) in [5.74, 6) is 1.84. The number of hydrogen-bond acceptors (Lipinski definition) is 1. The highest BCUT2D eigenvalue weighted by molar-refractivity contribution is 4.98. The molecule has 0 saturated carbocycles. The SMILES string of the molecule is CC(C)[C@H]1CCC2CCC1N2C(C)C. The Kier molecular flexibility index (Phi) is 2.88. The van der Waals surface area contributed by atoms with Crippen LogP contribution in [0.1, 0.15) is 53.4 Å². The maximum atomic E-state index is 2.81. The second kappa shape index (κ2) is 3.84. The van der Waals surface area contributed by atoms with Gasteiger partial charge in [0.25, 0.3) is 0 Å². The monoisotopic (exact) mass is 195 g/mol. The second-order valence-electron chi connectivity index (χ2n) is 5.82. The Hall–Kier alpha value is -0.0400. The quantitative estimate of drug-likeness (QED) is 0.653. The summed E-state index contributed by atoms with van der Waals surface area (Å²) < 4.78 is 0. The van der Waals surface area contributed by atoms with Crippen molar-refractivity contribution >= 4 is 0 Å². The molecule has 2 rings (SSSR count). The zero-order valence-electron chi connectivity index (χ0n) is 10.2. The molecule has 1 nitrogen and oxygen atoms in total. The largest absolute Gasteiger partial charge is 0.295 e. The Morgan fingerprint density at radius 1 is 0.929 bits per heavy atom. The van der Waals surface area contributed by atoms with Gasteiger partial charge in [-0.15, -0.1) is 0 Å². The lowest BCUT2D eigenvalue weighted by atomic mass is 9.81. The highest BCUT2D eigenvalue weighted by Crippen LogP contribution is 2.42. The molecule has 14 heavy (non-hydrogen) atoms. The van der Waals surface area contributed by atoms with E-state index in [9.17, 15) is 0 Å². The molecule has 2 aliphatic heterocycles. The van der Waals surface area contributed by atoms with Crippen molar-refractivity contribution in [3.8, 4) is 0 Å². The smallest absolute Gasteiger partial charge is 0.0132 e. The van der Waals surface area contributed by atoms with Crippen LogP contribution in [0.4, 0.5) is 0 Å². The van der Waals surface area contributed by atoms with Crippen molar-refractivity contribution in [3.63, 3.8) is 0 Å². The summed E-state index contributed by atoms with van der Waals surface area (Å²) in [7, 11) is 0. The Labute approximate surface area is 88.9 Å². The minimum absolute atomic E-state index is 0.758. The van der Waals surface area contributed by atoms with Gasteiger partial charge in [0.05, 0.1) is 0 Å². The standard InChI is InChI=1S/C13H25N/c1-9(2)12-7-5-11-6-8-13(12)14(11)10(3)4/h9-13H,5-8H2,1-4H3/t11?,12-,13?/m1/s1. The van der Waals surface area contributed by atoms with E-state index in [0.717, 1.165) is 30.0 Å². The van der Waals surface area contributed by atoms with Crippen LogP contribution in [-0.2, 0) is 0 Å². The molecule has 2 aliphatic rings. The maximum Gasteiger partial charge on any atom is 0.0132 e. The van der Waals surface area contributed by atoms with E-state index >= 15 is 0 Å². The third-order valence-electron chi connectivity index (χ3n) is 4.38. The van der Waals surface area contributed by atoms with Gasteiger partial charge in [0.15, 0.2) is 0 Å². The number of hydrogen-bond donors (Lipinski definition) is 0. The lowest BCUT2D eigenvalue weighted by Crippen LogP contribution is -2.49. The number of piperidine rings is 1. The van der Waals surface area contributed by atoms with E-state index in [4.69, 9.17) is 0 Å². The lowest BCUT2D eigenvalue weighted by Gasteiger charge is -2.44. The number of nitrogens with zero attached hydrogens (tertiary/aromatic N) is 1. The molecule has 2 fully saturated rings. The van der Waals surface area contributed by atoms with Gasteiger partial charge in [-0.3, -0.25) is 4.90 Å². The molecule has 1 heteroatoms. The lowest BCUT2D eigenvalue weighted by molar-refractivity contribution is 0.0429. The highest BCUT2D eigenvalue weighted by atomic mass is 15.2. The minimum atomic E-state index is 0.758. The summed E-state index contributed by atoms with van der Waals surface area (Å²) in [6.45, 7) is 9.55. The zero-order chi connectivity index (χ0) is 10.3. The molecule has 0 spiro atoms. The molecule has 2 unspecified atom stereocenters. The van der Waals surface area contributed by atoms with E-state index in [-0.39, 0.29) is 0 Å². The van der Waals surface area contributed by atoms with Gasteiger partial charge >= 0.3 is 0 Å². The maximum absolute atomic E-state index is 2.81. The molecule has 2 heterocycles. The predicted molar refractivity (Wildman–Crippen MR) is 61.3 cm³/mol. The fourth-order valence-corrected chi connectivity index (χ4v) is 3.82. The molecule has 0 aliphatic carbocycles. The molecule has 0 N–H and O–H groups in total. The van der Waals surface area contributed by atoms with Crippen molar-refractivity contribution in [1.82, 2.24) is 4.90 Å². The van der Waals surface area contributed by atoms with Gasteiger partial charge in [0.1, 0.15) is 0 Å². The van der Waals surface area contributed by atoms with Crippen LogP contribution in [-0.4, -0.2) is 23.0 Å². The van der Waals surface area contributed by atoms with Gasteiger partial charge in [-0.2, -0.15) is 0 Å². The van der Waals surface area contributed by atoms with E-state index in [0.29, 0.717) is 0 Å². The topological polar surface area (TPSA) is 3.24 Å². The third-order valence-corrected chi connectivity index (χ3v) is 4.38. The van der Waals surface area contributed by atoms with Crippen LogP contribution in [0.3, 0.4) is 0 Å². The normalized spacial score (nSPS) is 38.6. The van der Waals surface area contributed by atoms with Crippen molar-refractivity contribution < 1.29 is 0 Å². The fraction of sp³-hybridized carbons (Fsp3) is 1.00. The van der Waals surface area contributed by atoms with E-state index in [1.165, 1.54) is 25.7 Å². The van der Waals surface area contributed by atoms with Crippen LogP contribution in [0.15, 0.2) is 0 Å². The summed E-state index contributed by atoms with van der Waals surface area (Å²) in [5, 5.41) is 0. The van der Waals surface area contributed by atoms with Crippen molar-refractivity contribution in [2.75, 3.05) is 0 Å². The third kappa shape index (κ3) is 1.60. The fourth-order valence-electron chi connectivity index (χ4n) is 3.82. The van der Waals surface area contributed by atoms with Gasteiger partial charge in [0, 0.05) is 18.1 Å². The molecule has 0 aromatic rings.